The number of hydrogen-bond donors (Lipinski definition) is 1. The average molecular weight is 213 g/mol. The molecule has 0 amide bonds. The molecule has 2 fully saturated rings. The molecule has 15 heavy (non-hydrogen) atoms. The molecule has 2 aliphatic rings. The molecule has 2 rings (SSSR count). The minimum atomic E-state index is -0.0885. The third-order valence-electron chi connectivity index (χ3n) is 4.00. The first kappa shape index (κ1) is 10.9. The number of methoxy groups -OCH3 is 1. The maximum Gasteiger partial charge on any atom is 0.310 e. The number of esters is 1. The molecule has 3 unspecified atom stereocenters. The van der Waals surface area contributed by atoms with Gasteiger partial charge in [-0.1, -0.05) is 6.92 Å². The summed E-state index contributed by atoms with van der Waals surface area (Å²) < 4.78 is 10.3. The Kier molecular flexibility index (Phi) is 2.98. The molecule has 0 aromatic rings. The van der Waals surface area contributed by atoms with Gasteiger partial charge in [-0.15, -0.1) is 0 Å². The Morgan fingerprint density at radius 3 is 3.00 bits per heavy atom. The van der Waals surface area contributed by atoms with Crippen molar-refractivity contribution in [2.24, 2.45) is 17.3 Å². The standard InChI is InChI=1S/C11H19NO3/c1-11(8-3-4-15-6-8)7-12-5-9(11)10(13)14-2/h8-9,12H,3-7H2,1-2H3. The summed E-state index contributed by atoms with van der Waals surface area (Å²) in [5.41, 5.74) is 0.00356. The first-order valence-electron chi connectivity index (χ1n) is 5.55. The third-order valence-corrected chi connectivity index (χ3v) is 4.00. The van der Waals surface area contributed by atoms with Gasteiger partial charge in [0.25, 0.3) is 0 Å². The lowest BCUT2D eigenvalue weighted by atomic mass is 9.69. The van der Waals surface area contributed by atoms with E-state index in [0.29, 0.717) is 5.92 Å². The Hall–Kier alpha value is -0.610. The van der Waals surface area contributed by atoms with Crippen LogP contribution in [-0.2, 0) is 14.3 Å². The van der Waals surface area contributed by atoms with Crippen LogP contribution in [0, 0.1) is 17.3 Å². The van der Waals surface area contributed by atoms with E-state index in [1.807, 2.05) is 0 Å². The summed E-state index contributed by atoms with van der Waals surface area (Å²) in [6.07, 6.45) is 1.06. The minimum Gasteiger partial charge on any atom is -0.469 e. The Morgan fingerprint density at radius 2 is 2.40 bits per heavy atom. The smallest absolute Gasteiger partial charge is 0.310 e. The van der Waals surface area contributed by atoms with Crippen LogP contribution in [0.3, 0.4) is 0 Å². The fraction of sp³-hybridized carbons (Fsp3) is 0.909. The van der Waals surface area contributed by atoms with Gasteiger partial charge < -0.3 is 14.8 Å². The molecule has 0 aromatic carbocycles. The molecule has 0 saturated carbocycles. The maximum atomic E-state index is 11.7. The molecular weight excluding hydrogens is 194 g/mol. The van der Waals surface area contributed by atoms with Crippen molar-refractivity contribution in [3.63, 3.8) is 0 Å². The summed E-state index contributed by atoms with van der Waals surface area (Å²) in [5, 5.41) is 3.30. The summed E-state index contributed by atoms with van der Waals surface area (Å²) in [6.45, 7) is 5.41. The van der Waals surface area contributed by atoms with E-state index >= 15 is 0 Å². The van der Waals surface area contributed by atoms with Crippen LogP contribution in [0.2, 0.25) is 0 Å². The average Bonchev–Trinajstić information content (AvgIpc) is 2.85. The van der Waals surface area contributed by atoms with E-state index < -0.39 is 0 Å². The van der Waals surface area contributed by atoms with Crippen LogP contribution in [0.4, 0.5) is 0 Å². The third kappa shape index (κ3) is 1.76. The van der Waals surface area contributed by atoms with E-state index in [-0.39, 0.29) is 17.3 Å². The van der Waals surface area contributed by atoms with Crippen LogP contribution in [0.15, 0.2) is 0 Å². The predicted octanol–water partition coefficient (Wildman–Crippen LogP) is 0.422. The second-order valence-electron chi connectivity index (χ2n) is 4.77. The van der Waals surface area contributed by atoms with Crippen molar-refractivity contribution in [3.8, 4) is 0 Å². The van der Waals surface area contributed by atoms with E-state index in [1.165, 1.54) is 7.11 Å². The van der Waals surface area contributed by atoms with Crippen molar-refractivity contribution in [3.05, 3.63) is 0 Å². The van der Waals surface area contributed by atoms with Gasteiger partial charge in [-0.2, -0.15) is 0 Å². The van der Waals surface area contributed by atoms with Crippen LogP contribution in [0.5, 0.6) is 0 Å². The zero-order valence-corrected chi connectivity index (χ0v) is 9.41. The van der Waals surface area contributed by atoms with Crippen LogP contribution in [-0.4, -0.2) is 39.4 Å². The quantitative estimate of drug-likeness (QED) is 0.675. The monoisotopic (exact) mass is 213 g/mol. The van der Waals surface area contributed by atoms with Gasteiger partial charge >= 0.3 is 5.97 Å². The Labute approximate surface area is 90.3 Å². The number of rotatable bonds is 2. The lowest BCUT2D eigenvalue weighted by Gasteiger charge is -2.34. The van der Waals surface area contributed by atoms with Crippen LogP contribution >= 0.6 is 0 Å². The predicted molar refractivity (Wildman–Crippen MR) is 55.4 cm³/mol. The van der Waals surface area contributed by atoms with Crippen molar-refractivity contribution >= 4 is 5.97 Å². The molecular formula is C11H19NO3. The van der Waals surface area contributed by atoms with Crippen molar-refractivity contribution in [1.82, 2.24) is 5.32 Å². The fourth-order valence-corrected chi connectivity index (χ4v) is 2.82. The largest absolute Gasteiger partial charge is 0.469 e. The van der Waals surface area contributed by atoms with Crippen LogP contribution in [0.25, 0.3) is 0 Å². The zero-order valence-electron chi connectivity index (χ0n) is 9.41. The van der Waals surface area contributed by atoms with Gasteiger partial charge in [0.1, 0.15) is 0 Å². The molecule has 0 radical (unpaired) electrons. The highest BCUT2D eigenvalue weighted by molar-refractivity contribution is 5.74. The highest BCUT2D eigenvalue weighted by Crippen LogP contribution is 2.42. The van der Waals surface area contributed by atoms with Gasteiger partial charge in [-0.05, 0) is 17.8 Å². The van der Waals surface area contributed by atoms with Gasteiger partial charge in [-0.25, -0.2) is 0 Å². The summed E-state index contributed by atoms with van der Waals surface area (Å²) in [5.74, 6) is 0.375. The Balaban J connectivity index is 2.13. The lowest BCUT2D eigenvalue weighted by molar-refractivity contribution is -0.149. The zero-order chi connectivity index (χ0) is 10.9. The number of nitrogens with one attached hydrogen (secondary N) is 1. The molecule has 0 spiro atoms. The first-order chi connectivity index (χ1) is 7.18. The second-order valence-corrected chi connectivity index (χ2v) is 4.77. The number of ether oxygens (including phenoxy) is 2. The van der Waals surface area contributed by atoms with Gasteiger partial charge in [0, 0.05) is 19.7 Å². The summed E-state index contributed by atoms with van der Waals surface area (Å²) >= 11 is 0. The molecule has 2 aliphatic heterocycles. The summed E-state index contributed by atoms with van der Waals surface area (Å²) in [6, 6.07) is 0. The van der Waals surface area contributed by atoms with E-state index in [2.05, 4.69) is 12.2 Å². The number of hydrogen-bond acceptors (Lipinski definition) is 4. The Morgan fingerprint density at radius 1 is 1.60 bits per heavy atom. The van der Waals surface area contributed by atoms with E-state index in [9.17, 15) is 4.79 Å². The normalized spacial score (nSPS) is 40.7. The van der Waals surface area contributed by atoms with Gasteiger partial charge in [0.15, 0.2) is 0 Å². The number of carbonyl (C=O) groups is 1. The van der Waals surface area contributed by atoms with E-state index in [4.69, 9.17) is 9.47 Å². The second kappa shape index (κ2) is 4.10. The summed E-state index contributed by atoms with van der Waals surface area (Å²) in [4.78, 5) is 11.7. The lowest BCUT2D eigenvalue weighted by Crippen LogP contribution is -2.39. The summed E-state index contributed by atoms with van der Waals surface area (Å²) in [7, 11) is 1.46. The molecule has 0 aliphatic carbocycles. The topological polar surface area (TPSA) is 47.6 Å². The maximum absolute atomic E-state index is 11.7. The van der Waals surface area contributed by atoms with Crippen molar-refractivity contribution in [2.45, 2.75) is 13.3 Å². The first-order valence-corrected chi connectivity index (χ1v) is 5.55. The fourth-order valence-electron chi connectivity index (χ4n) is 2.82. The van der Waals surface area contributed by atoms with Gasteiger partial charge in [-0.3, -0.25) is 4.79 Å². The highest BCUT2D eigenvalue weighted by Gasteiger charge is 2.49. The molecule has 0 bridgehead atoms. The van der Waals surface area contributed by atoms with E-state index in [1.54, 1.807) is 0 Å². The molecule has 0 aromatic heterocycles. The SMILES string of the molecule is COC(=O)C1CNCC1(C)C1CCOC1. The van der Waals surface area contributed by atoms with E-state index in [0.717, 1.165) is 32.7 Å². The van der Waals surface area contributed by atoms with Crippen LogP contribution in [0.1, 0.15) is 13.3 Å². The van der Waals surface area contributed by atoms with Crippen molar-refractivity contribution < 1.29 is 14.3 Å². The molecule has 3 atom stereocenters. The molecule has 4 heteroatoms. The van der Waals surface area contributed by atoms with Crippen LogP contribution < -0.4 is 5.32 Å². The minimum absolute atomic E-state index is 0.00356. The number of carbonyl (C=O) groups excluding carboxylic acids is 1. The van der Waals surface area contributed by atoms with Crippen molar-refractivity contribution in [1.29, 1.82) is 0 Å². The molecule has 4 nitrogen and oxygen atoms in total. The van der Waals surface area contributed by atoms with Gasteiger partial charge in [0.2, 0.25) is 0 Å². The Bertz CT molecular complexity index is 250. The molecule has 2 saturated heterocycles. The highest BCUT2D eigenvalue weighted by atomic mass is 16.5. The van der Waals surface area contributed by atoms with Gasteiger partial charge in [0.05, 0.1) is 19.6 Å². The molecule has 2 heterocycles. The van der Waals surface area contributed by atoms with Crippen molar-refractivity contribution in [2.75, 3.05) is 33.4 Å². The molecule has 86 valence electrons. The molecule has 1 N–H and O–H groups in total.